The molecular formula is C78H100O9S6. The second-order valence-electron chi connectivity index (χ2n) is 24.0. The lowest BCUT2D eigenvalue weighted by Gasteiger charge is -2.09. The summed E-state index contributed by atoms with van der Waals surface area (Å²) in [5.41, 5.74) is 2.58. The summed E-state index contributed by atoms with van der Waals surface area (Å²) >= 11 is 10.9. The van der Waals surface area contributed by atoms with Crippen molar-refractivity contribution in [2.45, 2.75) is 226 Å². The van der Waals surface area contributed by atoms with Gasteiger partial charge in [0.2, 0.25) is 0 Å². The maximum Gasteiger partial charge on any atom is 0.350 e. The van der Waals surface area contributed by atoms with Crippen molar-refractivity contribution in [2.75, 3.05) is 18.1 Å². The molecular weight excluding hydrogens is 1270 g/mol. The summed E-state index contributed by atoms with van der Waals surface area (Å²) in [5.74, 6) is 2.25. The van der Waals surface area contributed by atoms with Crippen LogP contribution in [0.2, 0.25) is 0 Å². The fraction of sp³-hybridized carbons (Fsp3) is 0.487. The van der Waals surface area contributed by atoms with Crippen LogP contribution in [0.1, 0.15) is 257 Å². The Hall–Kier alpha value is -4.90. The molecule has 0 N–H and O–H groups in total. The fourth-order valence-electron chi connectivity index (χ4n) is 10.7. The highest BCUT2D eigenvalue weighted by Crippen LogP contribution is 2.62. The quantitative estimate of drug-likeness (QED) is 0.0209. The molecule has 0 saturated carbocycles. The largest absolute Gasteiger partial charge is 0.494 e. The van der Waals surface area contributed by atoms with Crippen LogP contribution in [0.3, 0.4) is 0 Å². The highest BCUT2D eigenvalue weighted by atomic mass is 32.3. The van der Waals surface area contributed by atoms with Gasteiger partial charge in [0.25, 0.3) is 0 Å². The van der Waals surface area contributed by atoms with Gasteiger partial charge in [0, 0.05) is 0 Å². The number of thioether (sulfide) groups is 6. The standard InChI is InChI=1S/C78H100O9S6/c1-4-7-10-13-16-19-22-23-24-27-30-33-55-83-65-47-41-61(42-48-65)71(79)85-67-51-43-63(44-52-67)73(81)87-69-38-36-37-64(58-69)60-39-49-66(50-40-60)84-72(80)62-45-53-68(54-46-62)86-74(82)70-59-90-77(91-70)78-92-75(88-56-34-31-28-25-20-17-14-11-8-5-2)76(93-78)89-57-35-32-29-26-21-18-15-12-9-6-3/h36-54,58-59H,4-35,55-57H2,1-3H3. The number of hydrogen-bond acceptors (Lipinski definition) is 15. The van der Waals surface area contributed by atoms with Crippen LogP contribution < -0.4 is 23.7 Å². The first-order chi connectivity index (χ1) is 45.7. The van der Waals surface area contributed by atoms with Gasteiger partial charge in [-0.2, -0.15) is 0 Å². The molecule has 9 nitrogen and oxygen atoms in total. The smallest absolute Gasteiger partial charge is 0.350 e. The van der Waals surface area contributed by atoms with E-state index >= 15 is 0 Å². The van der Waals surface area contributed by atoms with E-state index in [1.165, 1.54) is 217 Å². The summed E-state index contributed by atoms with van der Waals surface area (Å²) in [4.78, 5) is 53.5. The number of carbonyl (C=O) groups excluding carboxylic acids is 4. The van der Waals surface area contributed by atoms with Gasteiger partial charge in [-0.25, -0.2) is 19.2 Å². The van der Waals surface area contributed by atoms with Crippen LogP contribution in [0.25, 0.3) is 11.1 Å². The van der Waals surface area contributed by atoms with Crippen LogP contribution in [0.4, 0.5) is 0 Å². The van der Waals surface area contributed by atoms with E-state index in [1.807, 2.05) is 70.7 Å². The molecule has 7 rings (SSSR count). The van der Waals surface area contributed by atoms with Gasteiger partial charge in [-0.05, 0) is 144 Å². The van der Waals surface area contributed by atoms with Gasteiger partial charge in [0.05, 0.1) is 40.2 Å². The molecule has 0 saturated heterocycles. The first-order valence-corrected chi connectivity index (χ1v) is 40.2. The van der Waals surface area contributed by atoms with Gasteiger partial charge in [-0.15, -0.1) is 23.5 Å². The average molecular weight is 1370 g/mol. The van der Waals surface area contributed by atoms with Crippen molar-refractivity contribution >= 4 is 94.4 Å². The van der Waals surface area contributed by atoms with Crippen LogP contribution in [-0.4, -0.2) is 42.0 Å². The predicted octanol–water partition coefficient (Wildman–Crippen LogP) is 25.4. The zero-order valence-electron chi connectivity index (χ0n) is 55.5. The topological polar surface area (TPSA) is 114 Å². The second kappa shape index (κ2) is 45.5. The molecule has 2 aliphatic heterocycles. The molecule has 0 amide bonds. The van der Waals surface area contributed by atoms with Crippen LogP contribution in [0.5, 0.6) is 28.7 Å². The third-order valence-electron chi connectivity index (χ3n) is 16.2. The minimum absolute atomic E-state index is 0.286. The number of rotatable bonds is 47. The van der Waals surface area contributed by atoms with Crippen LogP contribution in [-0.2, 0) is 4.79 Å². The van der Waals surface area contributed by atoms with Gasteiger partial charge in [0.15, 0.2) is 0 Å². The minimum atomic E-state index is -0.570. The van der Waals surface area contributed by atoms with Gasteiger partial charge in [-0.3, -0.25) is 0 Å². The van der Waals surface area contributed by atoms with E-state index in [-0.39, 0.29) is 5.56 Å². The molecule has 15 heteroatoms. The number of carbonyl (C=O) groups is 4. The lowest BCUT2D eigenvalue weighted by Crippen LogP contribution is -2.10. The Balaban J connectivity index is 0.798. The van der Waals surface area contributed by atoms with Gasteiger partial charge in [-0.1, -0.05) is 278 Å². The van der Waals surface area contributed by atoms with E-state index in [2.05, 4.69) is 20.8 Å². The van der Waals surface area contributed by atoms with E-state index < -0.39 is 23.9 Å². The first-order valence-electron chi connectivity index (χ1n) is 34.9. The second-order valence-corrected chi connectivity index (χ2v) is 31.3. The van der Waals surface area contributed by atoms with Crippen molar-refractivity contribution in [3.05, 3.63) is 165 Å². The summed E-state index contributed by atoms with van der Waals surface area (Å²) in [5, 5.41) is 1.89. The van der Waals surface area contributed by atoms with E-state index in [9.17, 15) is 19.2 Å². The number of hydrogen-bond donors (Lipinski definition) is 0. The minimum Gasteiger partial charge on any atom is -0.494 e. The number of benzene rings is 5. The normalized spacial score (nSPS) is 13.0. The molecule has 93 heavy (non-hydrogen) atoms. The third-order valence-corrected chi connectivity index (χ3v) is 24.8. The molecule has 0 atom stereocenters. The summed E-state index contributed by atoms with van der Waals surface area (Å²) < 4.78 is 34.0. The SMILES string of the molecule is CCCCCCCCCCCCCCOc1ccc(C(=O)Oc2ccc(C(=O)Oc3cccc(-c4ccc(OC(=O)c5ccc(OC(=O)C6=CSC(=C7SC(SCCCCCCCCCCCC)=C(SCCCCCCCCCCCC)S7)S6)cc5)cc4)c3)cc2)cc1. The summed E-state index contributed by atoms with van der Waals surface area (Å²) in [6.45, 7) is 7.47. The molecule has 0 unspecified atom stereocenters. The predicted molar refractivity (Wildman–Crippen MR) is 399 cm³/mol. The van der Waals surface area contributed by atoms with Crippen molar-refractivity contribution in [2.24, 2.45) is 0 Å². The molecule has 5 aromatic rings. The third kappa shape index (κ3) is 29.2. The van der Waals surface area contributed by atoms with E-state index in [0.717, 1.165) is 39.7 Å². The van der Waals surface area contributed by atoms with Gasteiger partial charge in [0.1, 0.15) is 33.7 Å². The van der Waals surface area contributed by atoms with E-state index in [4.69, 9.17) is 23.7 Å². The van der Waals surface area contributed by atoms with Gasteiger partial charge < -0.3 is 23.7 Å². The Bertz CT molecular complexity index is 3060. The van der Waals surface area contributed by atoms with Crippen LogP contribution >= 0.6 is 70.6 Å². The van der Waals surface area contributed by atoms with E-state index in [0.29, 0.717) is 51.4 Å². The molecule has 0 aliphatic carbocycles. The fourth-order valence-corrected chi connectivity index (χ4v) is 19.2. The molecule has 0 bridgehead atoms. The Morgan fingerprint density at radius 3 is 1.11 bits per heavy atom. The summed E-state index contributed by atoms with van der Waals surface area (Å²) in [6, 6.07) is 33.8. The first kappa shape index (κ1) is 75.5. The van der Waals surface area contributed by atoms with Crippen molar-refractivity contribution in [1.82, 2.24) is 0 Å². The highest BCUT2D eigenvalue weighted by molar-refractivity contribution is 8.42. The molecule has 0 fully saturated rings. The lowest BCUT2D eigenvalue weighted by molar-refractivity contribution is -0.129. The maximum absolute atomic E-state index is 13.5. The van der Waals surface area contributed by atoms with Crippen LogP contribution in [0, 0.1) is 0 Å². The van der Waals surface area contributed by atoms with Crippen LogP contribution in [0.15, 0.2) is 149 Å². The molecule has 0 aromatic heterocycles. The van der Waals surface area contributed by atoms with Crippen molar-refractivity contribution in [3.63, 3.8) is 0 Å². The Labute approximate surface area is 582 Å². The molecule has 0 radical (unpaired) electrons. The summed E-state index contributed by atoms with van der Waals surface area (Å²) in [6.07, 6.45) is 42.3. The van der Waals surface area contributed by atoms with Crippen molar-refractivity contribution in [1.29, 1.82) is 0 Å². The Morgan fingerprint density at radius 1 is 0.333 bits per heavy atom. The molecule has 2 heterocycles. The molecule has 502 valence electrons. The Kier molecular flexibility index (Phi) is 36.9. The summed E-state index contributed by atoms with van der Waals surface area (Å²) in [7, 11) is 0. The maximum atomic E-state index is 13.5. The molecule has 5 aromatic carbocycles. The number of esters is 4. The lowest BCUT2D eigenvalue weighted by atomic mass is 10.1. The van der Waals surface area contributed by atoms with Crippen molar-refractivity contribution in [3.8, 4) is 39.9 Å². The highest BCUT2D eigenvalue weighted by Gasteiger charge is 2.30. The van der Waals surface area contributed by atoms with E-state index in [1.54, 1.807) is 115 Å². The zero-order valence-corrected chi connectivity index (χ0v) is 60.4. The Morgan fingerprint density at radius 2 is 0.688 bits per heavy atom. The monoisotopic (exact) mass is 1370 g/mol. The van der Waals surface area contributed by atoms with Crippen molar-refractivity contribution < 1.29 is 42.9 Å². The number of unbranched alkanes of at least 4 members (excludes halogenated alkanes) is 29. The molecule has 0 spiro atoms. The molecule has 2 aliphatic rings. The average Bonchev–Trinajstić information content (AvgIpc) is 1.84. The van der Waals surface area contributed by atoms with Gasteiger partial charge >= 0.3 is 23.9 Å². The number of ether oxygens (including phenoxy) is 5. The zero-order chi connectivity index (χ0) is 65.3.